The first-order valence-electron chi connectivity index (χ1n) is 2.36. The zero-order valence-electron chi connectivity index (χ0n) is 4.86. The van der Waals surface area contributed by atoms with Crippen LogP contribution in [0, 0.1) is 11.1 Å². The molecule has 0 saturated heterocycles. The topological polar surface area (TPSA) is 61.8 Å². The maximum Gasteiger partial charge on any atom is 0.211 e. The van der Waals surface area contributed by atoms with Gasteiger partial charge in [-0.2, -0.15) is 0 Å². The fourth-order valence-corrected chi connectivity index (χ4v) is 0. The van der Waals surface area contributed by atoms with Crippen LogP contribution in [0.2, 0.25) is 0 Å². The molecule has 0 amide bonds. The molecule has 0 bridgehead atoms. The molecule has 0 radical (unpaired) electrons. The van der Waals surface area contributed by atoms with Gasteiger partial charge < -0.3 is 0 Å². The van der Waals surface area contributed by atoms with Gasteiger partial charge in [0.2, 0.25) is 4.91 Å². The van der Waals surface area contributed by atoms with Gasteiger partial charge in [0.15, 0.2) is 0 Å². The van der Waals surface area contributed by atoms with E-state index < -0.39 is 0 Å². The van der Waals surface area contributed by atoms with Crippen LogP contribution in [-0.2, 0) is 0 Å². The third kappa shape index (κ3) is 605. The Balaban J connectivity index is 0. The van der Waals surface area contributed by atoms with Crippen molar-refractivity contribution in [3.05, 3.63) is 0 Å². The van der Waals surface area contributed by atoms with Crippen LogP contribution in [0.4, 0.5) is 0 Å². The first kappa shape index (κ1) is 9.58. The molecule has 0 aromatic heterocycles. The van der Waals surface area contributed by atoms with E-state index in [1.165, 1.54) is 12.8 Å². The molecule has 0 aliphatic heterocycles. The minimum atomic E-state index is 1.32. The Hall–Kier alpha value is -0.690. The lowest BCUT2D eigenvalue weighted by Crippen LogP contribution is -1.47. The third-order valence-corrected chi connectivity index (χ3v) is 0.500. The second-order valence-electron chi connectivity index (χ2n) is 1.11. The minimum absolute atomic E-state index is 1.32. The van der Waals surface area contributed by atoms with Gasteiger partial charge in [0, 0.05) is 0 Å². The smallest absolute Gasteiger partial charge is 0.0654 e. The zero-order chi connectivity index (χ0) is 6.12. The maximum atomic E-state index is 5.50. The molecule has 3 nitrogen and oxygen atoms in total. The van der Waals surface area contributed by atoms with Crippen molar-refractivity contribution in [2.45, 2.75) is 26.7 Å². The van der Waals surface area contributed by atoms with Crippen LogP contribution in [0.3, 0.4) is 0 Å². The Labute approximate surface area is 43.8 Å². The molecule has 0 saturated carbocycles. The molecule has 0 heterocycles. The zero-order valence-corrected chi connectivity index (χ0v) is 4.86. The molecule has 0 aromatic rings. The number of nitrogens with zero attached hydrogens (tertiary/aromatic N) is 1. The highest BCUT2D eigenvalue weighted by atomic mass is 15.0. The van der Waals surface area contributed by atoms with Gasteiger partial charge in [-0.15, -0.1) is 0 Å². The Bertz CT molecular complexity index is 42.9. The SMILES string of the molecule is CCCC.N=[N+]=N. The lowest BCUT2D eigenvalue weighted by Gasteiger charge is -1.68. The molecular weight excluding hydrogens is 90.1 g/mol. The molecule has 42 valence electrons. The number of nitrogens with one attached hydrogen (secondary N) is 2. The van der Waals surface area contributed by atoms with Crippen LogP contribution in [-0.4, -0.2) is 0 Å². The van der Waals surface area contributed by atoms with Gasteiger partial charge in [-0.05, 0) is 0 Å². The van der Waals surface area contributed by atoms with Crippen molar-refractivity contribution in [3.8, 4) is 0 Å². The monoisotopic (exact) mass is 102 g/mol. The lowest BCUT2D eigenvalue weighted by molar-refractivity contribution is 0.886. The normalized spacial score (nSPS) is 5.43. The van der Waals surface area contributed by atoms with Crippen molar-refractivity contribution >= 4 is 0 Å². The Morgan fingerprint density at radius 1 is 1.14 bits per heavy atom. The van der Waals surface area contributed by atoms with Gasteiger partial charge >= 0.3 is 0 Å². The molecule has 0 atom stereocenters. The molecule has 2 N–H and O–H groups in total. The Morgan fingerprint density at radius 2 is 1.29 bits per heavy atom. The van der Waals surface area contributed by atoms with Gasteiger partial charge in [-0.25, -0.2) is 0 Å². The molecule has 3 heteroatoms. The van der Waals surface area contributed by atoms with E-state index >= 15 is 0 Å². The highest BCUT2D eigenvalue weighted by molar-refractivity contribution is 4.12. The van der Waals surface area contributed by atoms with E-state index in [9.17, 15) is 0 Å². The van der Waals surface area contributed by atoms with Crippen LogP contribution in [0.5, 0.6) is 0 Å². The van der Waals surface area contributed by atoms with E-state index in [1.807, 2.05) is 4.91 Å². The molecular formula is C4H12N3+. The summed E-state index contributed by atoms with van der Waals surface area (Å²) < 4.78 is 0. The molecule has 0 aliphatic rings. The molecule has 0 spiro atoms. The van der Waals surface area contributed by atoms with Crippen molar-refractivity contribution in [1.29, 1.82) is 11.1 Å². The Morgan fingerprint density at radius 3 is 1.29 bits per heavy atom. The van der Waals surface area contributed by atoms with Crippen molar-refractivity contribution in [2.75, 3.05) is 0 Å². The van der Waals surface area contributed by atoms with Gasteiger partial charge in [0.1, 0.15) is 11.1 Å². The number of unbranched alkanes of at least 4 members (excludes halogenated alkanes) is 1. The van der Waals surface area contributed by atoms with Gasteiger partial charge in [-0.3, -0.25) is 0 Å². The molecule has 0 aromatic carbocycles. The number of rotatable bonds is 1. The summed E-state index contributed by atoms with van der Waals surface area (Å²) in [5.74, 6) is 0. The maximum absolute atomic E-state index is 5.50. The molecule has 0 unspecified atom stereocenters. The van der Waals surface area contributed by atoms with E-state index in [-0.39, 0.29) is 0 Å². The average Bonchev–Trinajstić information content (AvgIpc) is 1.69. The van der Waals surface area contributed by atoms with Crippen LogP contribution in [0.15, 0.2) is 0 Å². The fraction of sp³-hybridized carbons (Fsp3) is 1.00. The summed E-state index contributed by atoms with van der Waals surface area (Å²) in [7, 11) is 0. The van der Waals surface area contributed by atoms with Gasteiger partial charge in [0.05, 0.1) is 0 Å². The van der Waals surface area contributed by atoms with Crippen molar-refractivity contribution in [1.82, 2.24) is 4.91 Å². The standard InChI is InChI=1S/C4H10.H2N3/c1-3-4-2;1-3-2/h3-4H2,1-2H3;1-2H/q;+1. The van der Waals surface area contributed by atoms with E-state index in [2.05, 4.69) is 13.8 Å². The first-order valence-corrected chi connectivity index (χ1v) is 2.36. The number of hydrogen-bond acceptors (Lipinski definition) is 2. The van der Waals surface area contributed by atoms with Crippen molar-refractivity contribution in [2.24, 2.45) is 0 Å². The van der Waals surface area contributed by atoms with Crippen LogP contribution in [0.1, 0.15) is 26.7 Å². The summed E-state index contributed by atoms with van der Waals surface area (Å²) in [6.45, 7) is 4.36. The second-order valence-corrected chi connectivity index (χ2v) is 1.11. The minimum Gasteiger partial charge on any atom is -0.0654 e. The van der Waals surface area contributed by atoms with E-state index in [4.69, 9.17) is 11.1 Å². The lowest BCUT2D eigenvalue weighted by atomic mass is 10.4. The summed E-state index contributed by atoms with van der Waals surface area (Å²) in [6.07, 6.45) is 2.64. The molecule has 0 rings (SSSR count). The fourth-order valence-electron chi connectivity index (χ4n) is 0. The largest absolute Gasteiger partial charge is 0.211 e. The highest BCUT2D eigenvalue weighted by Gasteiger charge is 1.56. The predicted octanol–water partition coefficient (Wildman–Crippen LogP) is 1.92. The summed E-state index contributed by atoms with van der Waals surface area (Å²) in [5.41, 5.74) is 11.0. The molecule has 0 aliphatic carbocycles. The van der Waals surface area contributed by atoms with Gasteiger partial charge in [-0.1, -0.05) is 26.7 Å². The van der Waals surface area contributed by atoms with Crippen molar-refractivity contribution < 1.29 is 0 Å². The Kier molecular flexibility index (Phi) is 25.3. The van der Waals surface area contributed by atoms with Gasteiger partial charge in [0.25, 0.3) is 0 Å². The van der Waals surface area contributed by atoms with E-state index in [0.29, 0.717) is 0 Å². The second kappa shape index (κ2) is 18.5. The van der Waals surface area contributed by atoms with Crippen LogP contribution in [0.25, 0.3) is 0 Å². The summed E-state index contributed by atoms with van der Waals surface area (Å²) in [6, 6.07) is 0. The van der Waals surface area contributed by atoms with E-state index in [1.54, 1.807) is 0 Å². The first-order chi connectivity index (χ1) is 3.33. The van der Waals surface area contributed by atoms with Crippen molar-refractivity contribution in [3.63, 3.8) is 0 Å². The van der Waals surface area contributed by atoms with Crippen LogP contribution < -0.4 is 4.91 Å². The predicted molar refractivity (Wildman–Crippen MR) is 28.2 cm³/mol. The summed E-state index contributed by atoms with van der Waals surface area (Å²) >= 11 is 0. The molecule has 0 fully saturated rings. The summed E-state index contributed by atoms with van der Waals surface area (Å²) in [4.78, 5) is 2.00. The highest BCUT2D eigenvalue weighted by Crippen LogP contribution is 1.76. The molecule has 7 heavy (non-hydrogen) atoms. The third-order valence-electron chi connectivity index (χ3n) is 0.500. The average molecular weight is 102 g/mol. The van der Waals surface area contributed by atoms with E-state index in [0.717, 1.165) is 0 Å². The number of hydrogen-bond donors (Lipinski definition) is 2. The van der Waals surface area contributed by atoms with Crippen LogP contribution >= 0.6 is 0 Å². The summed E-state index contributed by atoms with van der Waals surface area (Å²) in [5, 5.41) is 0. The quantitative estimate of drug-likeness (QED) is 0.375.